The number of likely N-dealkylation sites (N-methyl/N-ethyl adjacent to an activating group) is 2. The quantitative estimate of drug-likeness (QED) is 0.775. The summed E-state index contributed by atoms with van der Waals surface area (Å²) in [5.41, 5.74) is 2.24. The molecule has 21 heavy (non-hydrogen) atoms. The van der Waals surface area contributed by atoms with Crippen molar-refractivity contribution >= 4 is 23.2 Å². The fourth-order valence-corrected chi connectivity index (χ4v) is 2.48. The summed E-state index contributed by atoms with van der Waals surface area (Å²) in [4.78, 5) is 13.9. The molecular formula is C16H24ClN3O. The lowest BCUT2D eigenvalue weighted by Crippen LogP contribution is -2.37. The minimum atomic E-state index is 0.0421. The zero-order chi connectivity index (χ0) is 15.2. The van der Waals surface area contributed by atoms with Crippen LogP contribution in [0.5, 0.6) is 0 Å². The Morgan fingerprint density at radius 1 is 1.38 bits per heavy atom. The lowest BCUT2D eigenvalue weighted by atomic mass is 10.1. The van der Waals surface area contributed by atoms with Crippen LogP contribution in [0.25, 0.3) is 0 Å². The molecule has 1 fully saturated rings. The second-order valence-corrected chi connectivity index (χ2v) is 5.83. The van der Waals surface area contributed by atoms with Gasteiger partial charge < -0.3 is 15.5 Å². The lowest BCUT2D eigenvalue weighted by Gasteiger charge is -2.25. The molecule has 116 valence electrons. The maximum absolute atomic E-state index is 11.9. The summed E-state index contributed by atoms with van der Waals surface area (Å²) >= 11 is 6.14. The first-order valence-electron chi connectivity index (χ1n) is 7.67. The number of benzene rings is 1. The molecule has 1 aliphatic carbocycles. The van der Waals surface area contributed by atoms with Crippen LogP contribution in [0.3, 0.4) is 0 Å². The monoisotopic (exact) mass is 309 g/mol. The number of carbonyl (C=O) groups is 1. The normalized spacial score (nSPS) is 14.0. The number of hydrogen-bond acceptors (Lipinski definition) is 3. The predicted molar refractivity (Wildman–Crippen MR) is 87.9 cm³/mol. The van der Waals surface area contributed by atoms with Gasteiger partial charge in [0.05, 0.1) is 6.54 Å². The SMILES string of the molecule is CCNC(=O)CN(CC)c1cc(Cl)ccc1CNC1CC1. The van der Waals surface area contributed by atoms with Crippen molar-refractivity contribution < 1.29 is 4.79 Å². The summed E-state index contributed by atoms with van der Waals surface area (Å²) in [6, 6.07) is 6.57. The summed E-state index contributed by atoms with van der Waals surface area (Å²) in [6.07, 6.45) is 2.53. The van der Waals surface area contributed by atoms with Crippen LogP contribution in [0.2, 0.25) is 5.02 Å². The van der Waals surface area contributed by atoms with Gasteiger partial charge in [0.15, 0.2) is 0 Å². The minimum Gasteiger partial charge on any atom is -0.362 e. The van der Waals surface area contributed by atoms with E-state index in [1.165, 1.54) is 18.4 Å². The first-order valence-corrected chi connectivity index (χ1v) is 8.05. The van der Waals surface area contributed by atoms with E-state index < -0.39 is 0 Å². The molecule has 1 aromatic carbocycles. The Morgan fingerprint density at radius 2 is 2.14 bits per heavy atom. The topological polar surface area (TPSA) is 44.4 Å². The molecule has 0 unspecified atom stereocenters. The van der Waals surface area contributed by atoms with E-state index >= 15 is 0 Å². The van der Waals surface area contributed by atoms with Gasteiger partial charge >= 0.3 is 0 Å². The minimum absolute atomic E-state index is 0.0421. The van der Waals surface area contributed by atoms with Crippen LogP contribution in [-0.2, 0) is 11.3 Å². The molecule has 0 aliphatic heterocycles. The van der Waals surface area contributed by atoms with Crippen molar-refractivity contribution in [1.82, 2.24) is 10.6 Å². The standard InChI is InChI=1S/C16H24ClN3O/c1-3-18-16(21)11-20(4-2)15-9-13(17)6-5-12(15)10-19-14-7-8-14/h5-6,9,14,19H,3-4,7-8,10-11H2,1-2H3,(H,18,21). The smallest absolute Gasteiger partial charge is 0.239 e. The maximum Gasteiger partial charge on any atom is 0.239 e. The highest BCUT2D eigenvalue weighted by Gasteiger charge is 2.21. The number of halogens is 1. The molecule has 0 heterocycles. The number of anilines is 1. The van der Waals surface area contributed by atoms with Gasteiger partial charge in [-0.15, -0.1) is 0 Å². The average molecular weight is 310 g/mol. The molecule has 1 aromatic rings. The molecule has 2 rings (SSSR count). The van der Waals surface area contributed by atoms with Crippen LogP contribution < -0.4 is 15.5 Å². The second-order valence-electron chi connectivity index (χ2n) is 5.40. The lowest BCUT2D eigenvalue weighted by molar-refractivity contribution is -0.119. The van der Waals surface area contributed by atoms with Crippen molar-refractivity contribution in [3.63, 3.8) is 0 Å². The second kappa shape index (κ2) is 7.66. The van der Waals surface area contributed by atoms with Gasteiger partial charge in [-0.05, 0) is 44.4 Å². The van der Waals surface area contributed by atoms with Gasteiger partial charge in [-0.1, -0.05) is 17.7 Å². The van der Waals surface area contributed by atoms with E-state index in [1.807, 2.05) is 25.1 Å². The molecular weight excluding hydrogens is 286 g/mol. The van der Waals surface area contributed by atoms with Crippen LogP contribution in [0.1, 0.15) is 32.3 Å². The zero-order valence-corrected chi connectivity index (χ0v) is 13.5. The number of nitrogens with one attached hydrogen (secondary N) is 2. The first kappa shape index (κ1) is 16.1. The summed E-state index contributed by atoms with van der Waals surface area (Å²) in [6.45, 7) is 6.59. The summed E-state index contributed by atoms with van der Waals surface area (Å²) in [5, 5.41) is 7.07. The van der Waals surface area contributed by atoms with Crippen LogP contribution in [-0.4, -0.2) is 31.6 Å². The molecule has 1 saturated carbocycles. The van der Waals surface area contributed by atoms with Gasteiger partial charge in [0.2, 0.25) is 5.91 Å². The summed E-state index contributed by atoms with van der Waals surface area (Å²) in [5.74, 6) is 0.0421. The molecule has 5 heteroatoms. The van der Waals surface area contributed by atoms with E-state index in [9.17, 15) is 4.79 Å². The molecule has 1 amide bonds. The van der Waals surface area contributed by atoms with Crippen molar-refractivity contribution in [2.24, 2.45) is 0 Å². The third-order valence-corrected chi connectivity index (χ3v) is 3.87. The van der Waals surface area contributed by atoms with E-state index in [4.69, 9.17) is 11.6 Å². The van der Waals surface area contributed by atoms with E-state index in [1.54, 1.807) is 0 Å². The number of carbonyl (C=O) groups excluding carboxylic acids is 1. The number of rotatable bonds is 8. The Hall–Kier alpha value is -1.26. The van der Waals surface area contributed by atoms with Gasteiger partial charge in [0.25, 0.3) is 0 Å². The Balaban J connectivity index is 2.12. The van der Waals surface area contributed by atoms with E-state index in [-0.39, 0.29) is 5.91 Å². The third kappa shape index (κ3) is 4.90. The Morgan fingerprint density at radius 3 is 2.76 bits per heavy atom. The molecule has 0 spiro atoms. The molecule has 0 aromatic heterocycles. The fourth-order valence-electron chi connectivity index (χ4n) is 2.32. The average Bonchev–Trinajstić information content (AvgIpc) is 3.28. The van der Waals surface area contributed by atoms with Crippen LogP contribution in [0.15, 0.2) is 18.2 Å². The van der Waals surface area contributed by atoms with Gasteiger partial charge in [0.1, 0.15) is 0 Å². The summed E-state index contributed by atoms with van der Waals surface area (Å²) in [7, 11) is 0. The molecule has 0 bridgehead atoms. The van der Waals surface area contributed by atoms with Crippen LogP contribution in [0, 0.1) is 0 Å². The fraction of sp³-hybridized carbons (Fsp3) is 0.562. The van der Waals surface area contributed by atoms with Crippen molar-refractivity contribution in [2.75, 3.05) is 24.5 Å². The zero-order valence-electron chi connectivity index (χ0n) is 12.8. The van der Waals surface area contributed by atoms with Gasteiger partial charge in [-0.3, -0.25) is 4.79 Å². The summed E-state index contributed by atoms with van der Waals surface area (Å²) < 4.78 is 0. The van der Waals surface area contributed by atoms with Crippen molar-refractivity contribution in [3.8, 4) is 0 Å². The maximum atomic E-state index is 11.9. The van der Waals surface area contributed by atoms with E-state index in [2.05, 4.69) is 22.5 Å². The molecule has 1 aliphatic rings. The van der Waals surface area contributed by atoms with Gasteiger partial charge in [-0.25, -0.2) is 0 Å². The number of nitrogens with zero attached hydrogens (tertiary/aromatic N) is 1. The van der Waals surface area contributed by atoms with Gasteiger partial charge in [0, 0.05) is 36.4 Å². The Labute approximate surface area is 131 Å². The van der Waals surface area contributed by atoms with E-state index in [0.717, 1.165) is 18.8 Å². The molecule has 0 saturated heterocycles. The van der Waals surface area contributed by atoms with Crippen LogP contribution in [0.4, 0.5) is 5.69 Å². The Bertz CT molecular complexity index is 488. The molecule has 2 N–H and O–H groups in total. The number of amides is 1. The highest BCUT2D eigenvalue weighted by Crippen LogP contribution is 2.26. The first-order chi connectivity index (χ1) is 10.1. The molecule has 0 atom stereocenters. The van der Waals surface area contributed by atoms with Crippen molar-refractivity contribution in [2.45, 2.75) is 39.3 Å². The Kier molecular flexibility index (Phi) is 5.88. The largest absolute Gasteiger partial charge is 0.362 e. The molecule has 4 nitrogen and oxygen atoms in total. The number of hydrogen-bond donors (Lipinski definition) is 2. The van der Waals surface area contributed by atoms with E-state index in [0.29, 0.717) is 24.2 Å². The van der Waals surface area contributed by atoms with Gasteiger partial charge in [-0.2, -0.15) is 0 Å². The highest BCUT2D eigenvalue weighted by atomic mass is 35.5. The third-order valence-electron chi connectivity index (χ3n) is 3.64. The van der Waals surface area contributed by atoms with Crippen molar-refractivity contribution in [1.29, 1.82) is 0 Å². The van der Waals surface area contributed by atoms with Crippen LogP contribution >= 0.6 is 11.6 Å². The predicted octanol–water partition coefficient (Wildman–Crippen LogP) is 2.55. The molecule has 0 radical (unpaired) electrons. The highest BCUT2D eigenvalue weighted by molar-refractivity contribution is 6.30. The van der Waals surface area contributed by atoms with Crippen molar-refractivity contribution in [3.05, 3.63) is 28.8 Å².